The summed E-state index contributed by atoms with van der Waals surface area (Å²) in [6.07, 6.45) is 1.06. The molecule has 2 aromatic rings. The van der Waals surface area contributed by atoms with Crippen LogP contribution in [0.3, 0.4) is 0 Å². The van der Waals surface area contributed by atoms with Gasteiger partial charge in [-0.3, -0.25) is 4.79 Å². The topological polar surface area (TPSA) is 33.2 Å². The molecule has 17 heavy (non-hydrogen) atoms. The molecule has 3 rings (SSSR count). The van der Waals surface area contributed by atoms with Gasteiger partial charge in [-0.1, -0.05) is 6.07 Å². The van der Waals surface area contributed by atoms with Gasteiger partial charge >= 0.3 is 0 Å². The first kappa shape index (κ1) is 10.9. The highest BCUT2D eigenvalue weighted by molar-refractivity contribution is 7.10. The van der Waals surface area contributed by atoms with Gasteiger partial charge in [0, 0.05) is 16.8 Å². The van der Waals surface area contributed by atoms with E-state index in [9.17, 15) is 4.79 Å². The van der Waals surface area contributed by atoms with Crippen LogP contribution in [0.15, 0.2) is 22.9 Å². The van der Waals surface area contributed by atoms with E-state index in [0.29, 0.717) is 5.69 Å². The van der Waals surface area contributed by atoms with E-state index in [1.165, 1.54) is 16.2 Å². The van der Waals surface area contributed by atoms with E-state index in [1.54, 1.807) is 11.3 Å². The number of hydrogen-bond acceptors (Lipinski definition) is 4. The molecule has 0 aliphatic carbocycles. The van der Waals surface area contributed by atoms with E-state index < -0.39 is 0 Å². The second-order valence-electron chi connectivity index (χ2n) is 4.07. The standard InChI is InChI=1S/C12H12N2OS2/c1-8-13-9(7-17-8)12(15)14-5-4-10(14)11-3-2-6-16-11/h2-3,6-7,10H,4-5H2,1H3/t10-/m0/s1. The van der Waals surface area contributed by atoms with Gasteiger partial charge in [-0.2, -0.15) is 0 Å². The van der Waals surface area contributed by atoms with Crippen LogP contribution in [-0.4, -0.2) is 22.3 Å². The molecular weight excluding hydrogens is 252 g/mol. The lowest BCUT2D eigenvalue weighted by Gasteiger charge is -2.40. The van der Waals surface area contributed by atoms with Crippen molar-refractivity contribution in [2.24, 2.45) is 0 Å². The van der Waals surface area contributed by atoms with Crippen molar-refractivity contribution < 1.29 is 4.79 Å². The summed E-state index contributed by atoms with van der Waals surface area (Å²) in [4.78, 5) is 19.7. The fourth-order valence-electron chi connectivity index (χ4n) is 2.02. The SMILES string of the molecule is Cc1nc(C(=O)N2CC[C@H]2c2cccs2)cs1. The molecule has 0 saturated carbocycles. The number of carbonyl (C=O) groups excluding carboxylic acids is 1. The first-order valence-electron chi connectivity index (χ1n) is 5.52. The summed E-state index contributed by atoms with van der Waals surface area (Å²) in [7, 11) is 0. The summed E-state index contributed by atoms with van der Waals surface area (Å²) in [5, 5.41) is 4.85. The van der Waals surface area contributed by atoms with Crippen LogP contribution < -0.4 is 0 Å². The van der Waals surface area contributed by atoms with Crippen LogP contribution >= 0.6 is 22.7 Å². The quantitative estimate of drug-likeness (QED) is 0.835. The van der Waals surface area contributed by atoms with Crippen molar-refractivity contribution in [3.8, 4) is 0 Å². The van der Waals surface area contributed by atoms with Gasteiger partial charge in [-0.15, -0.1) is 22.7 Å². The van der Waals surface area contributed by atoms with Gasteiger partial charge in [0.25, 0.3) is 5.91 Å². The zero-order chi connectivity index (χ0) is 11.8. The number of aryl methyl sites for hydroxylation is 1. The largest absolute Gasteiger partial charge is 0.329 e. The molecule has 3 heterocycles. The maximum absolute atomic E-state index is 12.2. The normalized spacial score (nSPS) is 19.1. The van der Waals surface area contributed by atoms with E-state index in [-0.39, 0.29) is 11.9 Å². The van der Waals surface area contributed by atoms with Crippen molar-refractivity contribution in [1.29, 1.82) is 0 Å². The predicted molar refractivity (Wildman–Crippen MR) is 69.6 cm³/mol. The van der Waals surface area contributed by atoms with Gasteiger partial charge in [0.1, 0.15) is 5.69 Å². The lowest BCUT2D eigenvalue weighted by Crippen LogP contribution is -2.44. The Bertz CT molecular complexity index is 532. The molecule has 1 atom stereocenters. The zero-order valence-electron chi connectivity index (χ0n) is 9.42. The molecule has 0 N–H and O–H groups in total. The Kier molecular flexibility index (Phi) is 2.72. The molecule has 1 aliphatic rings. The monoisotopic (exact) mass is 264 g/mol. The average molecular weight is 264 g/mol. The van der Waals surface area contributed by atoms with Crippen LogP contribution in [-0.2, 0) is 0 Å². The smallest absolute Gasteiger partial charge is 0.273 e. The third-order valence-electron chi connectivity index (χ3n) is 2.99. The lowest BCUT2D eigenvalue weighted by atomic mass is 10.0. The zero-order valence-corrected chi connectivity index (χ0v) is 11.1. The third kappa shape index (κ3) is 1.89. The summed E-state index contributed by atoms with van der Waals surface area (Å²) < 4.78 is 0. The summed E-state index contributed by atoms with van der Waals surface area (Å²) in [6.45, 7) is 2.77. The Hall–Kier alpha value is -1.20. The van der Waals surface area contributed by atoms with Gasteiger partial charge in [0.2, 0.25) is 0 Å². The van der Waals surface area contributed by atoms with Crippen LogP contribution in [0.2, 0.25) is 0 Å². The van der Waals surface area contributed by atoms with Gasteiger partial charge < -0.3 is 4.90 Å². The van der Waals surface area contributed by atoms with Crippen molar-refractivity contribution in [1.82, 2.24) is 9.88 Å². The highest BCUT2D eigenvalue weighted by Crippen LogP contribution is 2.36. The minimum atomic E-state index is 0.0685. The van der Waals surface area contributed by atoms with Crippen molar-refractivity contribution in [3.63, 3.8) is 0 Å². The summed E-state index contributed by atoms with van der Waals surface area (Å²) >= 11 is 3.24. The second kappa shape index (κ2) is 4.23. The van der Waals surface area contributed by atoms with Crippen LogP contribution in [0, 0.1) is 6.92 Å². The fraction of sp³-hybridized carbons (Fsp3) is 0.333. The number of carbonyl (C=O) groups is 1. The number of thiophene rings is 1. The Morgan fingerprint density at radius 1 is 1.53 bits per heavy atom. The minimum absolute atomic E-state index is 0.0685. The lowest BCUT2D eigenvalue weighted by molar-refractivity contribution is 0.0462. The number of amides is 1. The second-order valence-corrected chi connectivity index (χ2v) is 6.11. The maximum atomic E-state index is 12.2. The highest BCUT2D eigenvalue weighted by atomic mass is 32.1. The van der Waals surface area contributed by atoms with Crippen molar-refractivity contribution in [2.45, 2.75) is 19.4 Å². The van der Waals surface area contributed by atoms with E-state index in [2.05, 4.69) is 16.4 Å². The number of likely N-dealkylation sites (tertiary alicyclic amines) is 1. The van der Waals surface area contributed by atoms with Crippen LogP contribution in [0.4, 0.5) is 0 Å². The number of rotatable bonds is 2. The van der Waals surface area contributed by atoms with Gasteiger partial charge in [-0.05, 0) is 24.8 Å². The van der Waals surface area contributed by atoms with Gasteiger partial charge in [0.15, 0.2) is 0 Å². The molecular formula is C12H12N2OS2. The van der Waals surface area contributed by atoms with Gasteiger partial charge in [-0.25, -0.2) is 4.98 Å². The summed E-state index contributed by atoms with van der Waals surface area (Å²) in [5.74, 6) is 0.0685. The molecule has 1 aliphatic heterocycles. The molecule has 3 nitrogen and oxygen atoms in total. The first-order valence-corrected chi connectivity index (χ1v) is 7.28. The first-order chi connectivity index (χ1) is 8.25. The van der Waals surface area contributed by atoms with Crippen molar-refractivity contribution >= 4 is 28.6 Å². The number of thiazole rings is 1. The minimum Gasteiger partial charge on any atom is -0.329 e. The summed E-state index contributed by atoms with van der Waals surface area (Å²) in [6, 6.07) is 4.40. The van der Waals surface area contributed by atoms with E-state index in [1.807, 2.05) is 23.3 Å². The molecule has 0 bridgehead atoms. The van der Waals surface area contributed by atoms with E-state index in [4.69, 9.17) is 0 Å². The molecule has 5 heteroatoms. The molecule has 0 spiro atoms. The predicted octanol–water partition coefficient (Wildman–Crippen LogP) is 3.10. The highest BCUT2D eigenvalue weighted by Gasteiger charge is 2.35. The Labute approximate surface area is 108 Å². The maximum Gasteiger partial charge on any atom is 0.273 e. The van der Waals surface area contributed by atoms with Crippen LogP contribution in [0.1, 0.15) is 32.8 Å². The third-order valence-corrected chi connectivity index (χ3v) is 4.74. The fourth-order valence-corrected chi connectivity index (χ4v) is 3.48. The van der Waals surface area contributed by atoms with Gasteiger partial charge in [0.05, 0.1) is 11.0 Å². The van der Waals surface area contributed by atoms with E-state index >= 15 is 0 Å². The Morgan fingerprint density at radius 2 is 2.41 bits per heavy atom. The number of hydrogen-bond donors (Lipinski definition) is 0. The Balaban J connectivity index is 1.79. The molecule has 0 unspecified atom stereocenters. The average Bonchev–Trinajstić information content (AvgIpc) is 2.87. The van der Waals surface area contributed by atoms with Crippen LogP contribution in [0.5, 0.6) is 0 Å². The van der Waals surface area contributed by atoms with E-state index in [0.717, 1.165) is 18.0 Å². The molecule has 1 fully saturated rings. The molecule has 1 amide bonds. The van der Waals surface area contributed by atoms with Crippen molar-refractivity contribution in [3.05, 3.63) is 38.5 Å². The Morgan fingerprint density at radius 3 is 2.94 bits per heavy atom. The van der Waals surface area contributed by atoms with Crippen LogP contribution in [0.25, 0.3) is 0 Å². The molecule has 2 aromatic heterocycles. The molecule has 0 radical (unpaired) electrons. The molecule has 1 saturated heterocycles. The molecule has 88 valence electrons. The molecule has 0 aromatic carbocycles. The van der Waals surface area contributed by atoms with Crippen molar-refractivity contribution in [2.75, 3.05) is 6.54 Å². The number of nitrogens with zero attached hydrogens (tertiary/aromatic N) is 2. The number of aromatic nitrogens is 1. The summed E-state index contributed by atoms with van der Waals surface area (Å²) in [5.41, 5.74) is 0.591.